The second kappa shape index (κ2) is 6.49. The van der Waals surface area contributed by atoms with Crippen LogP contribution in [0.5, 0.6) is 5.75 Å². The van der Waals surface area contributed by atoms with Gasteiger partial charge in [0.25, 0.3) is 0 Å². The second-order valence-electron chi connectivity index (χ2n) is 3.44. The highest BCUT2D eigenvalue weighted by molar-refractivity contribution is 5.36. The number of nitriles is 1. The van der Waals surface area contributed by atoms with Crippen LogP contribution in [0.25, 0.3) is 0 Å². The van der Waals surface area contributed by atoms with Crippen molar-refractivity contribution in [1.29, 1.82) is 5.26 Å². The lowest BCUT2D eigenvalue weighted by Crippen LogP contribution is -2.01. The van der Waals surface area contributed by atoms with Crippen molar-refractivity contribution in [2.75, 3.05) is 6.61 Å². The maximum Gasteiger partial charge on any atom is 0.166 e. The summed E-state index contributed by atoms with van der Waals surface area (Å²) in [7, 11) is 0. The molecule has 0 saturated carbocycles. The lowest BCUT2D eigenvalue weighted by molar-refractivity contribution is 0.335. The summed E-state index contributed by atoms with van der Waals surface area (Å²) in [6.07, 6.45) is 4.53. The van der Waals surface area contributed by atoms with Crippen molar-refractivity contribution >= 4 is 0 Å². The van der Waals surface area contributed by atoms with E-state index in [9.17, 15) is 4.39 Å². The summed E-state index contributed by atoms with van der Waals surface area (Å²) in [5.74, 6) is -0.378. The molecular weight excluding hydrogens is 217 g/mol. The van der Waals surface area contributed by atoms with E-state index < -0.39 is 5.82 Å². The van der Waals surface area contributed by atoms with Crippen LogP contribution in [0.3, 0.4) is 0 Å². The number of benzene rings is 1. The van der Waals surface area contributed by atoms with Crippen LogP contribution in [0.2, 0.25) is 0 Å². The molecule has 0 aliphatic rings. The zero-order chi connectivity index (χ0) is 12.7. The summed E-state index contributed by atoms with van der Waals surface area (Å²) in [4.78, 5) is 0. The molecule has 1 aromatic carbocycles. The fourth-order valence-corrected chi connectivity index (χ4v) is 1.31. The largest absolute Gasteiger partial charge is 0.486 e. The van der Waals surface area contributed by atoms with Gasteiger partial charge in [-0.1, -0.05) is 25.7 Å². The summed E-state index contributed by atoms with van der Waals surface area (Å²) in [6.45, 7) is 5.94. The maximum atomic E-state index is 13.5. The maximum absolute atomic E-state index is 13.5. The Balaban J connectivity index is 2.73. The highest BCUT2D eigenvalue weighted by Gasteiger charge is 2.04. The molecule has 0 spiro atoms. The molecule has 88 valence electrons. The Bertz CT molecular complexity index is 472. The topological polar surface area (TPSA) is 33.0 Å². The van der Waals surface area contributed by atoms with Crippen LogP contribution in [0.15, 0.2) is 42.5 Å². The number of hydrogen-bond donors (Lipinski definition) is 0. The van der Waals surface area contributed by atoms with Gasteiger partial charge in [-0.2, -0.15) is 5.26 Å². The Hall–Kier alpha value is -2.08. The first-order chi connectivity index (χ1) is 8.21. The molecule has 1 rings (SSSR count). The molecule has 2 nitrogen and oxygen atoms in total. The molecule has 0 saturated heterocycles. The smallest absolute Gasteiger partial charge is 0.166 e. The number of nitrogens with zero attached hydrogens (tertiary/aromatic N) is 1. The molecule has 0 N–H and O–H groups in total. The zero-order valence-electron chi connectivity index (χ0n) is 9.74. The lowest BCUT2D eigenvalue weighted by Gasteiger charge is -2.07. The molecule has 0 unspecified atom stereocenters. The fraction of sp³-hybridized carbons (Fsp3) is 0.214. The van der Waals surface area contributed by atoms with Crippen molar-refractivity contribution in [3.63, 3.8) is 0 Å². The minimum Gasteiger partial charge on any atom is -0.486 e. The van der Waals surface area contributed by atoms with Crippen LogP contribution >= 0.6 is 0 Å². The monoisotopic (exact) mass is 231 g/mol. The summed E-state index contributed by atoms with van der Waals surface area (Å²) >= 11 is 0. The molecule has 0 heterocycles. The second-order valence-corrected chi connectivity index (χ2v) is 3.44. The molecule has 0 fully saturated rings. The predicted molar refractivity (Wildman–Crippen MR) is 65.2 cm³/mol. The van der Waals surface area contributed by atoms with Crippen LogP contribution in [0.1, 0.15) is 18.9 Å². The first kappa shape index (κ1) is 13.0. The van der Waals surface area contributed by atoms with Crippen molar-refractivity contribution in [1.82, 2.24) is 0 Å². The molecule has 0 bridgehead atoms. The average Bonchev–Trinajstić information content (AvgIpc) is 2.35. The van der Waals surface area contributed by atoms with E-state index in [1.54, 1.807) is 6.08 Å². The van der Waals surface area contributed by atoms with Gasteiger partial charge in [-0.25, -0.2) is 4.39 Å². The molecule has 0 aromatic heterocycles. The molecule has 0 aliphatic heterocycles. The Morgan fingerprint density at radius 1 is 1.59 bits per heavy atom. The van der Waals surface area contributed by atoms with Gasteiger partial charge in [0.1, 0.15) is 6.61 Å². The molecular formula is C14H14FNO. The van der Waals surface area contributed by atoms with Crippen molar-refractivity contribution in [2.24, 2.45) is 0 Å². The van der Waals surface area contributed by atoms with Gasteiger partial charge in [-0.15, -0.1) is 0 Å². The van der Waals surface area contributed by atoms with Crippen LogP contribution in [0.4, 0.5) is 4.39 Å². The molecule has 0 aliphatic carbocycles. The van der Waals surface area contributed by atoms with Crippen molar-refractivity contribution in [2.45, 2.75) is 13.3 Å². The van der Waals surface area contributed by atoms with Gasteiger partial charge in [0.2, 0.25) is 0 Å². The third-order valence-electron chi connectivity index (χ3n) is 2.18. The molecule has 0 radical (unpaired) electrons. The van der Waals surface area contributed by atoms with Crippen LogP contribution in [-0.2, 0) is 0 Å². The van der Waals surface area contributed by atoms with E-state index in [1.807, 2.05) is 19.1 Å². The van der Waals surface area contributed by atoms with Gasteiger partial charge in [0.05, 0.1) is 11.6 Å². The molecule has 3 heteroatoms. The summed E-state index contributed by atoms with van der Waals surface area (Å²) < 4.78 is 18.8. The van der Waals surface area contributed by atoms with Crippen LogP contribution in [-0.4, -0.2) is 6.61 Å². The third kappa shape index (κ3) is 3.76. The minimum absolute atomic E-state index is 0.146. The van der Waals surface area contributed by atoms with Crippen LogP contribution in [0, 0.1) is 17.1 Å². The van der Waals surface area contributed by atoms with E-state index in [-0.39, 0.29) is 17.9 Å². The number of hydrogen-bond acceptors (Lipinski definition) is 2. The molecule has 1 aromatic rings. The Labute approximate surface area is 101 Å². The van der Waals surface area contributed by atoms with Crippen molar-refractivity contribution < 1.29 is 9.13 Å². The number of allylic oxidation sites excluding steroid dienone is 1. The van der Waals surface area contributed by atoms with Gasteiger partial charge >= 0.3 is 0 Å². The van der Waals surface area contributed by atoms with E-state index in [1.165, 1.54) is 12.1 Å². The van der Waals surface area contributed by atoms with E-state index in [0.29, 0.717) is 0 Å². The fourth-order valence-electron chi connectivity index (χ4n) is 1.31. The lowest BCUT2D eigenvalue weighted by atomic mass is 10.2. The first-order valence-electron chi connectivity index (χ1n) is 5.35. The van der Waals surface area contributed by atoms with Gasteiger partial charge in [0.15, 0.2) is 11.6 Å². The first-order valence-corrected chi connectivity index (χ1v) is 5.35. The van der Waals surface area contributed by atoms with E-state index >= 15 is 0 Å². The summed E-state index contributed by atoms with van der Waals surface area (Å²) in [5, 5.41) is 8.60. The predicted octanol–water partition coefficient (Wildman–Crippen LogP) is 3.60. The zero-order valence-corrected chi connectivity index (χ0v) is 9.74. The third-order valence-corrected chi connectivity index (χ3v) is 2.18. The minimum atomic E-state index is -0.524. The van der Waals surface area contributed by atoms with E-state index in [4.69, 9.17) is 10.00 Å². The summed E-state index contributed by atoms with van der Waals surface area (Å²) in [5.41, 5.74) is 1.19. The number of rotatable bonds is 5. The highest BCUT2D eigenvalue weighted by atomic mass is 19.1. The Kier molecular flexibility index (Phi) is 4.96. The van der Waals surface area contributed by atoms with Crippen molar-refractivity contribution in [3.8, 4) is 11.8 Å². The molecule has 0 atom stereocenters. The van der Waals surface area contributed by atoms with Gasteiger partial charge in [-0.3, -0.25) is 0 Å². The Morgan fingerprint density at radius 3 is 2.88 bits per heavy atom. The highest BCUT2D eigenvalue weighted by Crippen LogP contribution is 2.18. The SMILES string of the molecule is C=C/C(=C\CC)COc1ccc(C#N)cc1F. The van der Waals surface area contributed by atoms with Gasteiger partial charge < -0.3 is 4.74 Å². The average molecular weight is 231 g/mol. The standard InChI is InChI=1S/C14H14FNO/c1-3-5-11(4-2)10-17-14-7-6-12(9-16)8-13(14)15/h4-8H,2-3,10H2,1H3/b11-5+. The molecule has 17 heavy (non-hydrogen) atoms. The number of ether oxygens (including phenoxy) is 1. The van der Waals surface area contributed by atoms with E-state index in [2.05, 4.69) is 6.58 Å². The van der Waals surface area contributed by atoms with Crippen molar-refractivity contribution in [3.05, 3.63) is 53.9 Å². The van der Waals surface area contributed by atoms with Gasteiger partial charge in [-0.05, 0) is 30.2 Å². The normalized spacial score (nSPS) is 10.8. The Morgan fingerprint density at radius 2 is 2.35 bits per heavy atom. The molecule has 0 amide bonds. The number of halogens is 1. The van der Waals surface area contributed by atoms with E-state index in [0.717, 1.165) is 18.1 Å². The van der Waals surface area contributed by atoms with Crippen LogP contribution < -0.4 is 4.74 Å². The quantitative estimate of drug-likeness (QED) is 0.725. The van der Waals surface area contributed by atoms with Gasteiger partial charge in [0, 0.05) is 0 Å². The summed E-state index contributed by atoms with van der Waals surface area (Å²) in [6, 6.07) is 6.01.